The van der Waals surface area contributed by atoms with Crippen LogP contribution in [-0.2, 0) is 4.74 Å². The molecular weight excluding hydrogens is 268 g/mol. The minimum Gasteiger partial charge on any atom is -0.452 e. The summed E-state index contributed by atoms with van der Waals surface area (Å²) < 4.78 is 4.78. The Morgan fingerprint density at radius 2 is 2.33 bits per heavy atom. The molecule has 2 atom stereocenters. The first-order chi connectivity index (χ1) is 10.1. The summed E-state index contributed by atoms with van der Waals surface area (Å²) in [4.78, 5) is 13.2. The standard InChI is InChI=1S/C15H24N4O2/c1-19(15(20)21-2)12-3-4-14-13(8-12)10(5-6-18-14)7-11(17)9-16/h3,7,9,13-14,18H,4-6,8,16-17H2,1-2H3/b10-7+,11-9-. The second-order valence-electron chi connectivity index (χ2n) is 5.47. The summed E-state index contributed by atoms with van der Waals surface area (Å²) in [6.07, 6.45) is 7.80. The van der Waals surface area contributed by atoms with E-state index < -0.39 is 0 Å². The topological polar surface area (TPSA) is 93.6 Å². The number of hydrogen-bond acceptors (Lipinski definition) is 5. The molecule has 1 saturated heterocycles. The Balaban J connectivity index is 2.19. The van der Waals surface area contributed by atoms with Crippen molar-refractivity contribution in [3.8, 4) is 0 Å². The molecule has 1 aliphatic carbocycles. The van der Waals surface area contributed by atoms with Gasteiger partial charge in [-0.15, -0.1) is 0 Å². The molecule has 21 heavy (non-hydrogen) atoms. The molecule has 6 heteroatoms. The van der Waals surface area contributed by atoms with Crippen molar-refractivity contribution in [1.29, 1.82) is 0 Å². The van der Waals surface area contributed by atoms with E-state index in [1.165, 1.54) is 18.9 Å². The van der Waals surface area contributed by atoms with E-state index in [0.717, 1.165) is 31.5 Å². The number of rotatable bonds is 2. The molecule has 5 N–H and O–H groups in total. The highest BCUT2D eigenvalue weighted by molar-refractivity contribution is 5.69. The van der Waals surface area contributed by atoms with Gasteiger partial charge >= 0.3 is 6.09 Å². The molecule has 2 unspecified atom stereocenters. The first kappa shape index (κ1) is 15.4. The highest BCUT2D eigenvalue weighted by atomic mass is 16.5. The fourth-order valence-electron chi connectivity index (χ4n) is 3.05. The number of allylic oxidation sites excluding steroid dienone is 2. The van der Waals surface area contributed by atoms with E-state index in [2.05, 4.69) is 11.4 Å². The summed E-state index contributed by atoms with van der Waals surface area (Å²) in [5.74, 6) is 0.337. The number of amides is 1. The van der Waals surface area contributed by atoms with Crippen LogP contribution in [0.1, 0.15) is 19.3 Å². The van der Waals surface area contributed by atoms with E-state index in [0.29, 0.717) is 17.7 Å². The molecule has 116 valence electrons. The molecule has 0 saturated carbocycles. The minimum absolute atomic E-state index is 0.337. The van der Waals surface area contributed by atoms with Crippen molar-refractivity contribution in [2.75, 3.05) is 20.7 Å². The van der Waals surface area contributed by atoms with Gasteiger partial charge in [-0.25, -0.2) is 4.79 Å². The maximum Gasteiger partial charge on any atom is 0.413 e. The van der Waals surface area contributed by atoms with E-state index in [1.807, 2.05) is 6.08 Å². The van der Waals surface area contributed by atoms with Gasteiger partial charge in [0, 0.05) is 36.6 Å². The van der Waals surface area contributed by atoms with Crippen LogP contribution in [0.2, 0.25) is 0 Å². The third-order valence-electron chi connectivity index (χ3n) is 4.24. The number of methoxy groups -OCH3 is 1. The number of nitrogens with two attached hydrogens (primary N) is 2. The van der Waals surface area contributed by atoms with Crippen molar-refractivity contribution in [1.82, 2.24) is 10.2 Å². The number of ether oxygens (including phenoxy) is 1. The molecular formula is C15H24N4O2. The monoisotopic (exact) mass is 292 g/mol. The normalized spacial score (nSPS) is 27.8. The lowest BCUT2D eigenvalue weighted by atomic mass is 9.77. The van der Waals surface area contributed by atoms with Gasteiger partial charge in [-0.3, -0.25) is 4.90 Å². The van der Waals surface area contributed by atoms with E-state index in [-0.39, 0.29) is 6.09 Å². The maximum atomic E-state index is 11.7. The average molecular weight is 292 g/mol. The zero-order valence-corrected chi connectivity index (χ0v) is 12.6. The molecule has 1 aliphatic heterocycles. The van der Waals surface area contributed by atoms with E-state index in [1.54, 1.807) is 11.9 Å². The molecule has 2 aliphatic rings. The quantitative estimate of drug-likeness (QED) is 0.706. The Kier molecular flexibility index (Phi) is 4.90. The Hall–Kier alpha value is -1.95. The molecule has 0 aromatic rings. The molecule has 2 rings (SSSR count). The fraction of sp³-hybridized carbons (Fsp3) is 0.533. The van der Waals surface area contributed by atoms with Gasteiger partial charge in [0.2, 0.25) is 0 Å². The number of hydrogen-bond donors (Lipinski definition) is 3. The van der Waals surface area contributed by atoms with Crippen molar-refractivity contribution >= 4 is 6.09 Å². The van der Waals surface area contributed by atoms with Crippen molar-refractivity contribution in [2.24, 2.45) is 17.4 Å². The van der Waals surface area contributed by atoms with Gasteiger partial charge in [0.05, 0.1) is 7.11 Å². The van der Waals surface area contributed by atoms with Crippen LogP contribution in [0.5, 0.6) is 0 Å². The summed E-state index contributed by atoms with van der Waals surface area (Å²) in [7, 11) is 3.14. The average Bonchev–Trinajstić information content (AvgIpc) is 2.53. The maximum absolute atomic E-state index is 11.7. The molecule has 6 nitrogen and oxygen atoms in total. The number of nitrogens with one attached hydrogen (secondary N) is 1. The zero-order chi connectivity index (χ0) is 15.4. The van der Waals surface area contributed by atoms with Crippen LogP contribution in [-0.4, -0.2) is 37.7 Å². The predicted molar refractivity (Wildman–Crippen MR) is 81.9 cm³/mol. The number of carbonyl (C=O) groups is 1. The lowest BCUT2D eigenvalue weighted by molar-refractivity contribution is 0.139. The third-order valence-corrected chi connectivity index (χ3v) is 4.24. The summed E-state index contributed by atoms with van der Waals surface area (Å²) in [6.45, 7) is 0.945. The second kappa shape index (κ2) is 6.67. The van der Waals surface area contributed by atoms with Gasteiger partial charge < -0.3 is 21.5 Å². The van der Waals surface area contributed by atoms with Gasteiger partial charge in [0.25, 0.3) is 0 Å². The molecule has 1 heterocycles. The van der Waals surface area contributed by atoms with Crippen LogP contribution < -0.4 is 16.8 Å². The largest absolute Gasteiger partial charge is 0.452 e. The van der Waals surface area contributed by atoms with Crippen LogP contribution >= 0.6 is 0 Å². The van der Waals surface area contributed by atoms with E-state index >= 15 is 0 Å². The number of piperidine rings is 1. The fourth-order valence-corrected chi connectivity index (χ4v) is 3.05. The van der Waals surface area contributed by atoms with Crippen molar-refractivity contribution in [3.05, 3.63) is 35.3 Å². The summed E-state index contributed by atoms with van der Waals surface area (Å²) in [5, 5.41) is 3.53. The lowest BCUT2D eigenvalue weighted by Gasteiger charge is -2.39. The first-order valence-corrected chi connectivity index (χ1v) is 7.18. The van der Waals surface area contributed by atoms with Crippen LogP contribution in [0.25, 0.3) is 0 Å². The van der Waals surface area contributed by atoms with Gasteiger partial charge in [0.15, 0.2) is 0 Å². The van der Waals surface area contributed by atoms with Crippen LogP contribution in [0.4, 0.5) is 4.79 Å². The van der Waals surface area contributed by atoms with Crippen molar-refractivity contribution in [2.45, 2.75) is 25.3 Å². The SMILES string of the molecule is COC(=O)N(C)C1=CCC2NCC/C(=C\C(N)=C\N)C2C1. The molecule has 0 spiro atoms. The van der Waals surface area contributed by atoms with E-state index in [9.17, 15) is 4.79 Å². The smallest absolute Gasteiger partial charge is 0.413 e. The van der Waals surface area contributed by atoms with Crippen LogP contribution in [0, 0.1) is 5.92 Å². The van der Waals surface area contributed by atoms with Crippen LogP contribution in [0.15, 0.2) is 35.3 Å². The first-order valence-electron chi connectivity index (χ1n) is 7.18. The minimum atomic E-state index is -0.338. The Morgan fingerprint density at radius 1 is 1.57 bits per heavy atom. The molecule has 0 bridgehead atoms. The van der Waals surface area contributed by atoms with Crippen LogP contribution in [0.3, 0.4) is 0 Å². The molecule has 1 amide bonds. The van der Waals surface area contributed by atoms with Gasteiger partial charge in [-0.1, -0.05) is 11.6 Å². The number of carbonyl (C=O) groups excluding carboxylic acids is 1. The molecule has 1 fully saturated rings. The molecule has 0 aromatic heterocycles. The number of fused-ring (bicyclic) bond motifs is 1. The van der Waals surface area contributed by atoms with Crippen molar-refractivity contribution < 1.29 is 9.53 Å². The van der Waals surface area contributed by atoms with E-state index in [4.69, 9.17) is 16.2 Å². The zero-order valence-electron chi connectivity index (χ0n) is 12.6. The summed E-state index contributed by atoms with van der Waals surface area (Å²) >= 11 is 0. The predicted octanol–water partition coefficient (Wildman–Crippen LogP) is 1.03. The Morgan fingerprint density at radius 3 is 3.00 bits per heavy atom. The molecule has 0 radical (unpaired) electrons. The van der Waals surface area contributed by atoms with Gasteiger partial charge in [0.1, 0.15) is 0 Å². The number of nitrogens with zero attached hydrogens (tertiary/aromatic N) is 1. The molecule has 0 aromatic carbocycles. The highest BCUT2D eigenvalue weighted by Crippen LogP contribution is 2.35. The van der Waals surface area contributed by atoms with Gasteiger partial charge in [-0.05, 0) is 31.9 Å². The summed E-state index contributed by atoms with van der Waals surface area (Å²) in [6, 6.07) is 0.394. The second-order valence-corrected chi connectivity index (χ2v) is 5.47. The summed E-state index contributed by atoms with van der Waals surface area (Å²) in [5.41, 5.74) is 14.2. The Bertz CT molecular complexity index is 496. The van der Waals surface area contributed by atoms with Crippen molar-refractivity contribution in [3.63, 3.8) is 0 Å². The van der Waals surface area contributed by atoms with Gasteiger partial charge in [-0.2, -0.15) is 0 Å². The lowest BCUT2D eigenvalue weighted by Crippen LogP contribution is -2.45. The Labute approximate surface area is 125 Å². The highest BCUT2D eigenvalue weighted by Gasteiger charge is 2.33. The third kappa shape index (κ3) is 3.39.